The normalized spacial score (nSPS) is 12.1. The Hall–Kier alpha value is -1.76. The molecule has 26 heavy (non-hydrogen) atoms. The Morgan fingerprint density at radius 1 is 1.15 bits per heavy atom. The standard InChI is InChI=1S/C18H16Cl2F3N3/c19-10-8-12-11(4-1-2-6-24)16(17-14(20)5-3-7-25-17)26-15(12)13(9-10)18(21,22)23/h3,5,7-9,26H,1-2,4,6,24H2. The van der Waals surface area contributed by atoms with Gasteiger partial charge in [-0.05, 0) is 55.6 Å². The molecule has 8 heteroatoms. The Labute approximate surface area is 158 Å². The molecule has 0 aliphatic rings. The Balaban J connectivity index is 2.29. The van der Waals surface area contributed by atoms with E-state index in [9.17, 15) is 13.2 Å². The summed E-state index contributed by atoms with van der Waals surface area (Å²) in [4.78, 5) is 7.14. The molecular weight excluding hydrogens is 386 g/mol. The predicted molar refractivity (Wildman–Crippen MR) is 98.5 cm³/mol. The molecule has 0 radical (unpaired) electrons. The number of rotatable bonds is 5. The fraction of sp³-hybridized carbons (Fsp3) is 0.278. The maximum Gasteiger partial charge on any atom is 0.418 e. The van der Waals surface area contributed by atoms with E-state index in [1.165, 1.54) is 0 Å². The molecule has 0 spiro atoms. The monoisotopic (exact) mass is 401 g/mol. The van der Waals surface area contributed by atoms with Crippen LogP contribution >= 0.6 is 23.2 Å². The van der Waals surface area contributed by atoms with Gasteiger partial charge in [0.2, 0.25) is 0 Å². The van der Waals surface area contributed by atoms with Gasteiger partial charge >= 0.3 is 6.18 Å². The summed E-state index contributed by atoms with van der Waals surface area (Å²) < 4.78 is 40.5. The van der Waals surface area contributed by atoms with E-state index in [1.54, 1.807) is 24.4 Å². The Bertz CT molecular complexity index is 935. The lowest BCUT2D eigenvalue weighted by Gasteiger charge is -2.09. The first-order valence-corrected chi connectivity index (χ1v) is 8.80. The second kappa shape index (κ2) is 7.47. The van der Waals surface area contributed by atoms with Gasteiger partial charge in [-0.3, -0.25) is 4.98 Å². The maximum atomic E-state index is 13.5. The minimum Gasteiger partial charge on any atom is -0.352 e. The molecule has 0 fully saturated rings. The van der Waals surface area contributed by atoms with Crippen LogP contribution in [0.1, 0.15) is 24.0 Å². The number of H-pyrrole nitrogens is 1. The van der Waals surface area contributed by atoms with E-state index in [0.29, 0.717) is 40.3 Å². The molecule has 2 aromatic heterocycles. The lowest BCUT2D eigenvalue weighted by molar-refractivity contribution is -0.136. The lowest BCUT2D eigenvalue weighted by atomic mass is 10.0. The van der Waals surface area contributed by atoms with Crippen molar-refractivity contribution in [1.82, 2.24) is 9.97 Å². The van der Waals surface area contributed by atoms with Crippen LogP contribution in [0.15, 0.2) is 30.5 Å². The number of fused-ring (bicyclic) bond motifs is 1. The summed E-state index contributed by atoms with van der Waals surface area (Å²) in [7, 11) is 0. The van der Waals surface area contributed by atoms with Crippen molar-refractivity contribution >= 4 is 34.1 Å². The molecular formula is C18H16Cl2F3N3. The number of aromatic nitrogens is 2. The molecule has 0 bridgehead atoms. The van der Waals surface area contributed by atoms with Crippen LogP contribution in [0, 0.1) is 0 Å². The van der Waals surface area contributed by atoms with E-state index in [2.05, 4.69) is 9.97 Å². The second-order valence-electron chi connectivity index (χ2n) is 5.93. The molecule has 0 saturated carbocycles. The molecule has 1 aromatic carbocycles. The van der Waals surface area contributed by atoms with Gasteiger partial charge in [0.1, 0.15) is 5.69 Å². The molecule has 0 amide bonds. The highest BCUT2D eigenvalue weighted by Gasteiger charge is 2.35. The number of hydrogen-bond acceptors (Lipinski definition) is 2. The maximum absolute atomic E-state index is 13.5. The number of pyridine rings is 1. The molecule has 0 unspecified atom stereocenters. The highest BCUT2D eigenvalue weighted by molar-refractivity contribution is 6.33. The SMILES string of the molecule is NCCCCc1c(-c2ncccc2Cl)[nH]c2c(C(F)(F)F)cc(Cl)cc12. The number of unbranched alkanes of at least 4 members (excludes halogenated alkanes) is 1. The number of nitrogens with one attached hydrogen (secondary N) is 1. The molecule has 2 heterocycles. The van der Waals surface area contributed by atoms with Crippen molar-refractivity contribution < 1.29 is 13.2 Å². The molecule has 3 N–H and O–H groups in total. The van der Waals surface area contributed by atoms with Gasteiger partial charge in [0.25, 0.3) is 0 Å². The van der Waals surface area contributed by atoms with Gasteiger partial charge in [-0.25, -0.2) is 0 Å². The molecule has 0 atom stereocenters. The van der Waals surface area contributed by atoms with Crippen LogP contribution in [0.3, 0.4) is 0 Å². The minimum absolute atomic E-state index is 0.0126. The van der Waals surface area contributed by atoms with E-state index in [0.717, 1.165) is 18.9 Å². The van der Waals surface area contributed by atoms with Gasteiger partial charge in [-0.2, -0.15) is 13.2 Å². The van der Waals surface area contributed by atoms with Gasteiger partial charge < -0.3 is 10.7 Å². The first-order chi connectivity index (χ1) is 12.3. The van der Waals surface area contributed by atoms with Crippen LogP contribution in [0.25, 0.3) is 22.3 Å². The zero-order valence-electron chi connectivity index (χ0n) is 13.6. The molecule has 3 rings (SSSR count). The van der Waals surface area contributed by atoms with Crippen LogP contribution < -0.4 is 5.73 Å². The van der Waals surface area contributed by atoms with Crippen molar-refractivity contribution in [2.24, 2.45) is 5.73 Å². The summed E-state index contributed by atoms with van der Waals surface area (Å²) in [6, 6.07) is 5.78. The number of nitrogens with two attached hydrogens (primary N) is 1. The molecule has 138 valence electrons. The summed E-state index contributed by atoms with van der Waals surface area (Å²) >= 11 is 12.2. The van der Waals surface area contributed by atoms with Crippen molar-refractivity contribution in [2.45, 2.75) is 25.4 Å². The van der Waals surface area contributed by atoms with E-state index < -0.39 is 11.7 Å². The van der Waals surface area contributed by atoms with Gasteiger partial charge in [0.05, 0.1) is 21.8 Å². The summed E-state index contributed by atoms with van der Waals surface area (Å²) in [5.41, 5.74) is 6.33. The van der Waals surface area contributed by atoms with Crippen LogP contribution in [0.4, 0.5) is 13.2 Å². The number of benzene rings is 1. The van der Waals surface area contributed by atoms with Crippen molar-refractivity contribution in [2.75, 3.05) is 6.54 Å². The van der Waals surface area contributed by atoms with Gasteiger partial charge in [-0.15, -0.1) is 0 Å². The van der Waals surface area contributed by atoms with Crippen molar-refractivity contribution in [3.8, 4) is 11.4 Å². The third-order valence-electron chi connectivity index (χ3n) is 4.16. The van der Waals surface area contributed by atoms with E-state index in [-0.39, 0.29) is 10.5 Å². The van der Waals surface area contributed by atoms with Crippen molar-refractivity contribution in [3.63, 3.8) is 0 Å². The van der Waals surface area contributed by atoms with Gasteiger partial charge in [0, 0.05) is 16.6 Å². The summed E-state index contributed by atoms with van der Waals surface area (Å²) in [6.45, 7) is 0.511. The zero-order chi connectivity index (χ0) is 18.9. The van der Waals surface area contributed by atoms with E-state index >= 15 is 0 Å². The number of aromatic amines is 1. The van der Waals surface area contributed by atoms with Crippen molar-refractivity contribution in [1.29, 1.82) is 0 Å². The molecule has 3 nitrogen and oxygen atoms in total. The molecule has 0 saturated heterocycles. The average molecular weight is 402 g/mol. The highest BCUT2D eigenvalue weighted by atomic mass is 35.5. The van der Waals surface area contributed by atoms with Gasteiger partial charge in [-0.1, -0.05) is 23.2 Å². The van der Waals surface area contributed by atoms with Crippen LogP contribution in [-0.2, 0) is 12.6 Å². The second-order valence-corrected chi connectivity index (χ2v) is 6.78. The summed E-state index contributed by atoms with van der Waals surface area (Å²) in [6.07, 6.45) is -0.956. The Kier molecular flexibility index (Phi) is 5.46. The van der Waals surface area contributed by atoms with Crippen LogP contribution in [-0.4, -0.2) is 16.5 Å². The number of alkyl halides is 3. The number of halogens is 5. The molecule has 3 aromatic rings. The van der Waals surface area contributed by atoms with Gasteiger partial charge in [0.15, 0.2) is 0 Å². The topological polar surface area (TPSA) is 54.7 Å². The first-order valence-electron chi connectivity index (χ1n) is 8.05. The third kappa shape index (κ3) is 3.68. The number of nitrogens with zero attached hydrogens (tertiary/aromatic N) is 1. The van der Waals surface area contributed by atoms with Crippen LogP contribution in [0.2, 0.25) is 10.0 Å². The van der Waals surface area contributed by atoms with Crippen LogP contribution in [0.5, 0.6) is 0 Å². The zero-order valence-corrected chi connectivity index (χ0v) is 15.1. The largest absolute Gasteiger partial charge is 0.418 e. The molecule has 0 aliphatic heterocycles. The number of aryl methyl sites for hydroxylation is 1. The molecule has 0 aliphatic carbocycles. The van der Waals surface area contributed by atoms with Crippen molar-refractivity contribution in [3.05, 3.63) is 51.6 Å². The Morgan fingerprint density at radius 3 is 2.58 bits per heavy atom. The smallest absolute Gasteiger partial charge is 0.352 e. The number of hydrogen-bond donors (Lipinski definition) is 2. The lowest BCUT2D eigenvalue weighted by Crippen LogP contribution is -2.05. The first kappa shape index (κ1) is 19.0. The summed E-state index contributed by atoms with van der Waals surface area (Å²) in [5.74, 6) is 0. The van der Waals surface area contributed by atoms with E-state index in [4.69, 9.17) is 28.9 Å². The summed E-state index contributed by atoms with van der Waals surface area (Å²) in [5, 5.41) is 0.819. The van der Waals surface area contributed by atoms with E-state index in [1.807, 2.05) is 0 Å². The fourth-order valence-corrected chi connectivity index (χ4v) is 3.45. The quantitative estimate of drug-likeness (QED) is 0.527. The predicted octanol–water partition coefficient (Wildman–Crippen LogP) is 5.84. The average Bonchev–Trinajstić information content (AvgIpc) is 2.92. The highest BCUT2D eigenvalue weighted by Crippen LogP contribution is 2.41. The fourth-order valence-electron chi connectivity index (χ4n) is 3.02. The third-order valence-corrected chi connectivity index (χ3v) is 4.68. The Morgan fingerprint density at radius 2 is 1.92 bits per heavy atom. The minimum atomic E-state index is -4.53.